The van der Waals surface area contributed by atoms with Gasteiger partial charge in [-0.05, 0) is 31.4 Å². The van der Waals surface area contributed by atoms with E-state index in [4.69, 9.17) is 9.47 Å². The second kappa shape index (κ2) is 9.66. The van der Waals surface area contributed by atoms with Gasteiger partial charge in [0.05, 0.1) is 32.1 Å². The molecule has 0 aliphatic carbocycles. The summed E-state index contributed by atoms with van der Waals surface area (Å²) in [4.78, 5) is 11.6. The molecule has 1 fully saturated rings. The zero-order valence-corrected chi connectivity index (χ0v) is 16.4. The molecule has 3 atom stereocenters. The minimum atomic E-state index is -0.364. The van der Waals surface area contributed by atoms with Crippen molar-refractivity contribution in [3.8, 4) is 17.0 Å². The molecular formula is C20H28N4O4. The first-order chi connectivity index (χ1) is 13.6. The van der Waals surface area contributed by atoms with Crippen molar-refractivity contribution in [2.75, 3.05) is 13.7 Å². The predicted octanol–water partition coefficient (Wildman–Crippen LogP) is 1.78. The van der Waals surface area contributed by atoms with E-state index in [9.17, 15) is 9.90 Å². The lowest BCUT2D eigenvalue weighted by Gasteiger charge is -2.36. The molecule has 2 aromatic rings. The van der Waals surface area contributed by atoms with Crippen LogP contribution in [0.1, 0.15) is 32.6 Å². The lowest BCUT2D eigenvalue weighted by Crippen LogP contribution is -2.50. The fraction of sp³-hybridized carbons (Fsp3) is 0.550. The zero-order chi connectivity index (χ0) is 19.9. The number of ether oxygens (including phenoxy) is 2. The number of aryl methyl sites for hydroxylation is 1. The van der Waals surface area contributed by atoms with Crippen LogP contribution in [0.5, 0.6) is 5.75 Å². The van der Waals surface area contributed by atoms with Gasteiger partial charge in [0.25, 0.3) is 0 Å². The molecule has 8 nitrogen and oxygen atoms in total. The van der Waals surface area contributed by atoms with Crippen molar-refractivity contribution in [2.24, 2.45) is 0 Å². The third-order valence-electron chi connectivity index (χ3n) is 5.05. The Balaban J connectivity index is 1.53. The Morgan fingerprint density at radius 2 is 2.29 bits per heavy atom. The van der Waals surface area contributed by atoms with E-state index >= 15 is 0 Å². The van der Waals surface area contributed by atoms with E-state index in [-0.39, 0.29) is 30.8 Å². The van der Waals surface area contributed by atoms with Crippen LogP contribution in [0, 0.1) is 0 Å². The Bertz CT molecular complexity index is 779. The summed E-state index contributed by atoms with van der Waals surface area (Å²) in [5, 5.41) is 21.0. The number of hydrogen-bond acceptors (Lipinski definition) is 6. The molecule has 3 rings (SSSR count). The van der Waals surface area contributed by atoms with Gasteiger partial charge in [0.15, 0.2) is 0 Å². The van der Waals surface area contributed by atoms with E-state index in [1.165, 1.54) is 0 Å². The molecule has 2 heterocycles. The van der Waals surface area contributed by atoms with Crippen molar-refractivity contribution in [2.45, 2.75) is 57.4 Å². The molecule has 152 valence electrons. The van der Waals surface area contributed by atoms with Crippen LogP contribution in [0.3, 0.4) is 0 Å². The first-order valence-corrected chi connectivity index (χ1v) is 9.73. The van der Waals surface area contributed by atoms with Gasteiger partial charge >= 0.3 is 0 Å². The number of aliphatic hydroxyl groups is 1. The lowest BCUT2D eigenvalue weighted by atomic mass is 9.97. The summed E-state index contributed by atoms with van der Waals surface area (Å²) in [6.07, 6.45) is 4.40. The van der Waals surface area contributed by atoms with Crippen molar-refractivity contribution >= 4 is 5.91 Å². The van der Waals surface area contributed by atoms with Crippen LogP contribution in [0.2, 0.25) is 0 Å². The summed E-state index contributed by atoms with van der Waals surface area (Å²) in [6, 6.07) is 7.58. The molecule has 0 saturated carbocycles. The summed E-state index contributed by atoms with van der Waals surface area (Å²) < 4.78 is 13.0. The minimum Gasteiger partial charge on any atom is -0.497 e. The average Bonchev–Trinajstić information content (AvgIpc) is 3.22. The number of amides is 1. The number of hydrogen-bond donors (Lipinski definition) is 2. The Morgan fingerprint density at radius 3 is 3.04 bits per heavy atom. The van der Waals surface area contributed by atoms with E-state index in [0.29, 0.717) is 13.0 Å². The number of methoxy groups -OCH3 is 1. The van der Waals surface area contributed by atoms with Crippen LogP contribution in [0.25, 0.3) is 11.3 Å². The topological polar surface area (TPSA) is 98.5 Å². The third-order valence-corrected chi connectivity index (χ3v) is 5.05. The van der Waals surface area contributed by atoms with Gasteiger partial charge in [-0.1, -0.05) is 24.3 Å². The van der Waals surface area contributed by atoms with E-state index in [1.54, 1.807) is 11.8 Å². The maximum atomic E-state index is 11.6. The number of benzene rings is 1. The van der Waals surface area contributed by atoms with Crippen LogP contribution in [0.4, 0.5) is 0 Å². The molecule has 0 radical (unpaired) electrons. The van der Waals surface area contributed by atoms with Gasteiger partial charge < -0.3 is 19.9 Å². The summed E-state index contributed by atoms with van der Waals surface area (Å²) in [5.74, 6) is 0.764. The standard InChI is InChI=1S/C20H28N4O4/c1-3-20(26)21-17-8-7-15(28-19(17)13-25)9-10-24-12-18(22-23-24)14-5-4-6-16(11-14)27-2/h4-6,11-12,15,17,19,25H,3,7-10,13H2,1-2H3,(H,21,26)/t15-,17-,19+/m0/s1. The smallest absolute Gasteiger partial charge is 0.220 e. The molecule has 1 amide bonds. The van der Waals surface area contributed by atoms with Crippen LogP contribution in [-0.2, 0) is 16.1 Å². The zero-order valence-electron chi connectivity index (χ0n) is 16.4. The lowest BCUT2D eigenvalue weighted by molar-refractivity contribution is -0.128. The minimum absolute atomic E-state index is 0.0156. The Kier molecular flexibility index (Phi) is 7.00. The molecule has 1 aliphatic rings. The summed E-state index contributed by atoms with van der Waals surface area (Å²) >= 11 is 0. The van der Waals surface area contributed by atoms with Crippen LogP contribution >= 0.6 is 0 Å². The highest BCUT2D eigenvalue weighted by Gasteiger charge is 2.31. The normalized spacial score (nSPS) is 22.0. The number of nitrogens with zero attached hydrogens (tertiary/aromatic N) is 3. The first-order valence-electron chi connectivity index (χ1n) is 9.73. The summed E-state index contributed by atoms with van der Waals surface area (Å²) in [5.41, 5.74) is 1.74. The van der Waals surface area contributed by atoms with E-state index in [0.717, 1.165) is 36.3 Å². The molecular weight excluding hydrogens is 360 g/mol. The van der Waals surface area contributed by atoms with Crippen LogP contribution < -0.4 is 10.1 Å². The predicted molar refractivity (Wildman–Crippen MR) is 104 cm³/mol. The number of carbonyl (C=O) groups is 1. The highest BCUT2D eigenvalue weighted by molar-refractivity contribution is 5.75. The van der Waals surface area contributed by atoms with E-state index < -0.39 is 0 Å². The maximum absolute atomic E-state index is 11.6. The molecule has 0 bridgehead atoms. The Labute approximate surface area is 164 Å². The van der Waals surface area contributed by atoms with Crippen molar-refractivity contribution in [1.29, 1.82) is 0 Å². The highest BCUT2D eigenvalue weighted by Crippen LogP contribution is 2.24. The molecule has 1 saturated heterocycles. The van der Waals surface area contributed by atoms with E-state index in [1.807, 2.05) is 37.4 Å². The second-order valence-electron chi connectivity index (χ2n) is 6.97. The Morgan fingerprint density at radius 1 is 1.43 bits per heavy atom. The molecule has 2 N–H and O–H groups in total. The number of aromatic nitrogens is 3. The SMILES string of the molecule is CCC(=O)N[C@H]1CC[C@@H](CCn2cc(-c3cccc(OC)c3)nn2)O[C@@H]1CO. The van der Waals surface area contributed by atoms with Crippen molar-refractivity contribution in [3.63, 3.8) is 0 Å². The van der Waals surface area contributed by atoms with Crippen LogP contribution in [0.15, 0.2) is 30.5 Å². The van der Waals surface area contributed by atoms with Gasteiger partial charge in [-0.15, -0.1) is 5.10 Å². The summed E-state index contributed by atoms with van der Waals surface area (Å²) in [6.45, 7) is 2.38. The number of rotatable bonds is 8. The van der Waals surface area contributed by atoms with Gasteiger partial charge in [-0.3, -0.25) is 9.48 Å². The second-order valence-corrected chi connectivity index (χ2v) is 6.97. The fourth-order valence-corrected chi connectivity index (χ4v) is 3.42. The number of aliphatic hydroxyl groups excluding tert-OH is 1. The molecule has 28 heavy (non-hydrogen) atoms. The molecule has 0 unspecified atom stereocenters. The molecule has 1 aromatic heterocycles. The molecule has 8 heteroatoms. The quantitative estimate of drug-likeness (QED) is 0.715. The van der Waals surface area contributed by atoms with Gasteiger partial charge in [0, 0.05) is 18.5 Å². The van der Waals surface area contributed by atoms with Crippen molar-refractivity contribution in [1.82, 2.24) is 20.3 Å². The molecule has 0 spiro atoms. The molecule has 1 aliphatic heterocycles. The van der Waals surface area contributed by atoms with Gasteiger partial charge in [-0.25, -0.2) is 0 Å². The van der Waals surface area contributed by atoms with Gasteiger partial charge in [0.1, 0.15) is 17.5 Å². The third kappa shape index (κ3) is 5.08. The Hall–Kier alpha value is -2.45. The highest BCUT2D eigenvalue weighted by atomic mass is 16.5. The number of nitrogens with one attached hydrogen (secondary N) is 1. The van der Waals surface area contributed by atoms with Crippen LogP contribution in [-0.4, -0.2) is 58.0 Å². The van der Waals surface area contributed by atoms with E-state index in [2.05, 4.69) is 15.6 Å². The van der Waals surface area contributed by atoms with Crippen molar-refractivity contribution in [3.05, 3.63) is 30.5 Å². The van der Waals surface area contributed by atoms with Crippen molar-refractivity contribution < 1.29 is 19.4 Å². The van der Waals surface area contributed by atoms with Gasteiger partial charge in [-0.2, -0.15) is 0 Å². The largest absolute Gasteiger partial charge is 0.497 e. The number of carbonyl (C=O) groups excluding carboxylic acids is 1. The fourth-order valence-electron chi connectivity index (χ4n) is 3.42. The maximum Gasteiger partial charge on any atom is 0.220 e. The average molecular weight is 388 g/mol. The molecule has 1 aromatic carbocycles. The monoisotopic (exact) mass is 388 g/mol. The van der Waals surface area contributed by atoms with Gasteiger partial charge in [0.2, 0.25) is 5.91 Å². The first kappa shape index (κ1) is 20.3. The summed E-state index contributed by atoms with van der Waals surface area (Å²) in [7, 11) is 1.64.